The van der Waals surface area contributed by atoms with Gasteiger partial charge in [0, 0.05) is 6.26 Å². The number of sulfone groups is 1. The van der Waals surface area contributed by atoms with E-state index in [4.69, 9.17) is 4.74 Å². The Labute approximate surface area is 161 Å². The fraction of sp³-hybridized carbons (Fsp3) is 0.316. The molecule has 0 aliphatic rings. The monoisotopic (exact) mass is 415 g/mol. The summed E-state index contributed by atoms with van der Waals surface area (Å²) in [5.74, 6) is -0.563. The van der Waals surface area contributed by atoms with E-state index in [1.807, 2.05) is 6.92 Å². The van der Waals surface area contributed by atoms with Crippen molar-refractivity contribution in [2.24, 2.45) is 0 Å². The summed E-state index contributed by atoms with van der Waals surface area (Å²) in [6.45, 7) is 1.39. The van der Waals surface area contributed by atoms with E-state index < -0.39 is 34.1 Å². The molecule has 28 heavy (non-hydrogen) atoms. The van der Waals surface area contributed by atoms with Crippen molar-refractivity contribution in [2.75, 3.05) is 12.9 Å². The SMILES string of the molecule is CC[C@H](NC(=O)COc1cccc(C(F)(F)F)c1)c1ccc(S(C)(=O)=O)cc1. The molecule has 0 saturated heterocycles. The van der Waals surface area contributed by atoms with Crippen LogP contribution in [0.15, 0.2) is 53.4 Å². The standard InChI is InChI=1S/C19H20F3NO4S/c1-3-17(13-7-9-16(10-8-13)28(2,25)26)23-18(24)12-27-15-6-4-5-14(11-15)19(20,21)22/h4-11,17H,3,12H2,1-2H3,(H,23,24)/t17-/m0/s1. The van der Waals surface area contributed by atoms with E-state index in [1.54, 1.807) is 12.1 Å². The molecule has 2 aromatic carbocycles. The van der Waals surface area contributed by atoms with Gasteiger partial charge in [0.05, 0.1) is 16.5 Å². The number of carbonyl (C=O) groups is 1. The lowest BCUT2D eigenvalue weighted by molar-refractivity contribution is -0.137. The van der Waals surface area contributed by atoms with Crippen molar-refractivity contribution in [2.45, 2.75) is 30.5 Å². The number of hydrogen-bond donors (Lipinski definition) is 1. The third kappa shape index (κ3) is 5.98. The molecule has 0 bridgehead atoms. The van der Waals surface area contributed by atoms with Crippen molar-refractivity contribution < 1.29 is 31.1 Å². The Morgan fingerprint density at radius 3 is 2.32 bits per heavy atom. The maximum absolute atomic E-state index is 12.7. The van der Waals surface area contributed by atoms with Crippen LogP contribution in [0.3, 0.4) is 0 Å². The van der Waals surface area contributed by atoms with Crippen molar-refractivity contribution in [3.63, 3.8) is 0 Å². The van der Waals surface area contributed by atoms with E-state index >= 15 is 0 Å². The number of ether oxygens (including phenoxy) is 1. The Hall–Kier alpha value is -2.55. The van der Waals surface area contributed by atoms with Gasteiger partial charge in [0.25, 0.3) is 5.91 Å². The van der Waals surface area contributed by atoms with Crippen LogP contribution in [-0.2, 0) is 20.8 Å². The van der Waals surface area contributed by atoms with Gasteiger partial charge < -0.3 is 10.1 Å². The summed E-state index contributed by atoms with van der Waals surface area (Å²) < 4.78 is 66.3. The number of rotatable bonds is 7. The highest BCUT2D eigenvalue weighted by atomic mass is 32.2. The van der Waals surface area contributed by atoms with Gasteiger partial charge in [0.2, 0.25) is 0 Å². The van der Waals surface area contributed by atoms with Crippen molar-refractivity contribution in [1.82, 2.24) is 5.32 Å². The zero-order valence-electron chi connectivity index (χ0n) is 15.3. The molecule has 0 radical (unpaired) electrons. The highest BCUT2D eigenvalue weighted by Crippen LogP contribution is 2.31. The van der Waals surface area contributed by atoms with E-state index in [0.717, 1.165) is 18.4 Å². The first-order valence-electron chi connectivity index (χ1n) is 8.40. The first-order chi connectivity index (χ1) is 13.0. The molecule has 2 rings (SSSR count). The first kappa shape index (κ1) is 21.7. The first-order valence-corrected chi connectivity index (χ1v) is 10.3. The highest BCUT2D eigenvalue weighted by Gasteiger charge is 2.30. The Kier molecular flexibility index (Phi) is 6.71. The molecule has 0 fully saturated rings. The predicted octanol–water partition coefficient (Wildman–Crippen LogP) is 3.76. The zero-order valence-corrected chi connectivity index (χ0v) is 16.1. The van der Waals surface area contributed by atoms with E-state index in [1.165, 1.54) is 24.3 Å². The van der Waals surface area contributed by atoms with Gasteiger partial charge in [-0.05, 0) is 42.3 Å². The van der Waals surface area contributed by atoms with Crippen molar-refractivity contribution in [3.05, 3.63) is 59.7 Å². The summed E-state index contributed by atoms with van der Waals surface area (Å²) in [4.78, 5) is 12.3. The normalized spacial score (nSPS) is 13.0. The summed E-state index contributed by atoms with van der Waals surface area (Å²) in [7, 11) is -3.32. The van der Waals surface area contributed by atoms with Crippen molar-refractivity contribution in [3.8, 4) is 5.75 Å². The average Bonchev–Trinajstić information content (AvgIpc) is 2.63. The molecule has 1 amide bonds. The van der Waals surface area contributed by atoms with Gasteiger partial charge in [0.1, 0.15) is 5.75 Å². The Bertz CT molecular complexity index is 925. The molecule has 0 aromatic heterocycles. The van der Waals surface area contributed by atoms with Gasteiger partial charge in [-0.3, -0.25) is 4.79 Å². The lowest BCUT2D eigenvalue weighted by Gasteiger charge is -2.18. The second kappa shape index (κ2) is 8.64. The molecule has 1 atom stereocenters. The van der Waals surface area contributed by atoms with Crippen LogP contribution in [0.1, 0.15) is 30.5 Å². The number of alkyl halides is 3. The third-order valence-corrected chi connectivity index (χ3v) is 5.11. The van der Waals surface area contributed by atoms with Crippen LogP contribution in [0, 0.1) is 0 Å². The van der Waals surface area contributed by atoms with Gasteiger partial charge in [-0.25, -0.2) is 8.42 Å². The predicted molar refractivity (Wildman–Crippen MR) is 97.7 cm³/mol. The second-order valence-corrected chi connectivity index (χ2v) is 8.20. The second-order valence-electron chi connectivity index (χ2n) is 6.18. The van der Waals surface area contributed by atoms with Crippen LogP contribution in [-0.4, -0.2) is 27.2 Å². The molecule has 0 aliphatic heterocycles. The van der Waals surface area contributed by atoms with E-state index in [9.17, 15) is 26.4 Å². The van der Waals surface area contributed by atoms with Crippen LogP contribution in [0.5, 0.6) is 5.75 Å². The molecule has 5 nitrogen and oxygen atoms in total. The highest BCUT2D eigenvalue weighted by molar-refractivity contribution is 7.90. The van der Waals surface area contributed by atoms with Crippen LogP contribution in [0.4, 0.5) is 13.2 Å². The molecule has 0 saturated carbocycles. The van der Waals surface area contributed by atoms with E-state index in [0.29, 0.717) is 12.0 Å². The lowest BCUT2D eigenvalue weighted by atomic mass is 10.0. The maximum Gasteiger partial charge on any atom is 0.416 e. The van der Waals surface area contributed by atoms with Crippen LogP contribution < -0.4 is 10.1 Å². The number of hydrogen-bond acceptors (Lipinski definition) is 4. The number of nitrogens with one attached hydrogen (secondary N) is 1. The van der Waals surface area contributed by atoms with Crippen molar-refractivity contribution in [1.29, 1.82) is 0 Å². The molecule has 2 aromatic rings. The molecule has 0 heterocycles. The lowest BCUT2D eigenvalue weighted by Crippen LogP contribution is -2.32. The number of carbonyl (C=O) groups excluding carboxylic acids is 1. The van der Waals surface area contributed by atoms with Gasteiger partial charge in [0.15, 0.2) is 16.4 Å². The molecular weight excluding hydrogens is 395 g/mol. The summed E-state index contributed by atoms with van der Waals surface area (Å²) in [6, 6.07) is 10.0. The van der Waals surface area contributed by atoms with Crippen LogP contribution >= 0.6 is 0 Å². The van der Waals surface area contributed by atoms with Gasteiger partial charge in [-0.1, -0.05) is 25.1 Å². The topological polar surface area (TPSA) is 72.5 Å². The molecule has 0 unspecified atom stereocenters. The number of benzene rings is 2. The molecule has 0 aliphatic carbocycles. The Morgan fingerprint density at radius 1 is 1.14 bits per heavy atom. The maximum atomic E-state index is 12.7. The summed E-state index contributed by atoms with van der Waals surface area (Å²) >= 11 is 0. The Balaban J connectivity index is 1.99. The van der Waals surface area contributed by atoms with Crippen LogP contribution in [0.25, 0.3) is 0 Å². The molecular formula is C19H20F3NO4S. The third-order valence-electron chi connectivity index (χ3n) is 3.99. The summed E-state index contributed by atoms with van der Waals surface area (Å²) in [5, 5.41) is 2.72. The van der Waals surface area contributed by atoms with Crippen molar-refractivity contribution >= 4 is 15.7 Å². The molecule has 9 heteroatoms. The van der Waals surface area contributed by atoms with E-state index in [2.05, 4.69) is 5.32 Å². The number of halogens is 3. The fourth-order valence-electron chi connectivity index (χ4n) is 2.52. The van der Waals surface area contributed by atoms with Gasteiger partial charge >= 0.3 is 6.18 Å². The van der Waals surface area contributed by atoms with Crippen LogP contribution in [0.2, 0.25) is 0 Å². The van der Waals surface area contributed by atoms with Gasteiger partial charge in [-0.15, -0.1) is 0 Å². The largest absolute Gasteiger partial charge is 0.484 e. The molecule has 152 valence electrons. The minimum Gasteiger partial charge on any atom is -0.484 e. The molecule has 0 spiro atoms. The zero-order chi connectivity index (χ0) is 20.9. The van der Waals surface area contributed by atoms with Gasteiger partial charge in [-0.2, -0.15) is 13.2 Å². The average molecular weight is 415 g/mol. The Morgan fingerprint density at radius 2 is 1.79 bits per heavy atom. The minimum absolute atomic E-state index is 0.0597. The minimum atomic E-state index is -4.49. The summed E-state index contributed by atoms with van der Waals surface area (Å²) in [6.07, 6.45) is -2.85. The fourth-order valence-corrected chi connectivity index (χ4v) is 3.15. The summed E-state index contributed by atoms with van der Waals surface area (Å²) in [5.41, 5.74) is -0.148. The molecule has 1 N–H and O–H groups in total. The number of amides is 1. The smallest absolute Gasteiger partial charge is 0.416 e. The quantitative estimate of drug-likeness (QED) is 0.748. The van der Waals surface area contributed by atoms with E-state index in [-0.39, 0.29) is 16.7 Å².